The molecule has 0 saturated carbocycles. The molecule has 2 aromatic heterocycles. The van der Waals surface area contributed by atoms with Crippen molar-refractivity contribution < 1.29 is 27.5 Å². The summed E-state index contributed by atoms with van der Waals surface area (Å²) in [4.78, 5) is 22.8. The summed E-state index contributed by atoms with van der Waals surface area (Å²) < 4.78 is 54.2. The molecule has 0 aliphatic heterocycles. The fourth-order valence-electron chi connectivity index (χ4n) is 2.22. The Kier molecular flexibility index (Phi) is 5.71. The number of nitrogens with zero attached hydrogens (tertiary/aromatic N) is 3. The summed E-state index contributed by atoms with van der Waals surface area (Å²) in [5, 5.41) is 11.2. The molecule has 0 bridgehead atoms. The van der Waals surface area contributed by atoms with Gasteiger partial charge in [-0.2, -0.15) is 4.98 Å². The summed E-state index contributed by atoms with van der Waals surface area (Å²) in [6, 6.07) is 4.72. The number of benzene rings is 1. The Morgan fingerprint density at radius 3 is 2.38 bits per heavy atom. The lowest BCUT2D eigenvalue weighted by Crippen LogP contribution is -2.17. The van der Waals surface area contributed by atoms with Gasteiger partial charge in [-0.15, -0.1) is 0 Å². The van der Waals surface area contributed by atoms with Gasteiger partial charge in [0.25, 0.3) is 0 Å². The molecular formula is C17H12F4N6O2. The second kappa shape index (κ2) is 8.37. The van der Waals surface area contributed by atoms with Crippen molar-refractivity contribution in [3.05, 3.63) is 59.9 Å². The van der Waals surface area contributed by atoms with E-state index in [-0.39, 0.29) is 23.5 Å². The number of carbonyl (C=O) groups is 1. The molecule has 150 valence electrons. The minimum Gasteiger partial charge on any atom is -0.480 e. The Morgan fingerprint density at radius 2 is 1.76 bits per heavy atom. The summed E-state index contributed by atoms with van der Waals surface area (Å²) in [7, 11) is 0. The van der Waals surface area contributed by atoms with E-state index in [1.165, 1.54) is 18.5 Å². The Morgan fingerprint density at radius 1 is 1.03 bits per heavy atom. The van der Waals surface area contributed by atoms with Gasteiger partial charge in [0, 0.05) is 30.1 Å². The number of hydrogen-bond acceptors (Lipinski definition) is 7. The number of halogens is 4. The number of anilines is 3. The molecule has 0 amide bonds. The van der Waals surface area contributed by atoms with Gasteiger partial charge in [0.15, 0.2) is 29.1 Å². The number of carboxylic acids is 1. The largest absolute Gasteiger partial charge is 0.480 e. The van der Waals surface area contributed by atoms with Crippen molar-refractivity contribution in [2.24, 2.45) is 0 Å². The number of rotatable bonds is 7. The molecule has 4 N–H and O–H groups in total. The number of aromatic nitrogens is 3. The fourth-order valence-corrected chi connectivity index (χ4v) is 2.22. The number of nitrogens with one attached hydrogen (secondary N) is 3. The molecule has 0 fully saturated rings. The lowest BCUT2D eigenvalue weighted by molar-refractivity contribution is -0.134. The second-order valence-corrected chi connectivity index (χ2v) is 5.54. The van der Waals surface area contributed by atoms with Crippen LogP contribution in [0.4, 0.5) is 35.0 Å². The lowest BCUT2D eigenvalue weighted by atomic mass is 10.2. The van der Waals surface area contributed by atoms with E-state index in [4.69, 9.17) is 5.11 Å². The van der Waals surface area contributed by atoms with Crippen LogP contribution >= 0.6 is 0 Å². The van der Waals surface area contributed by atoms with E-state index in [0.29, 0.717) is 5.56 Å². The van der Waals surface area contributed by atoms with Gasteiger partial charge in [-0.25, -0.2) is 22.5 Å². The molecule has 0 spiro atoms. The second-order valence-electron chi connectivity index (χ2n) is 5.54. The summed E-state index contributed by atoms with van der Waals surface area (Å²) in [6.45, 7) is -0.498. The van der Waals surface area contributed by atoms with Gasteiger partial charge in [0.05, 0.1) is 5.69 Å². The van der Waals surface area contributed by atoms with Gasteiger partial charge in [-0.05, 0) is 12.1 Å². The highest BCUT2D eigenvalue weighted by Crippen LogP contribution is 2.25. The van der Waals surface area contributed by atoms with E-state index in [1.807, 2.05) is 5.43 Å². The van der Waals surface area contributed by atoms with Crippen LogP contribution in [-0.4, -0.2) is 32.6 Å². The van der Waals surface area contributed by atoms with Gasteiger partial charge in [-0.1, -0.05) is 0 Å². The minimum absolute atomic E-state index is 0.0739. The summed E-state index contributed by atoms with van der Waals surface area (Å²) in [5.41, 5.74) is 4.06. The predicted molar refractivity (Wildman–Crippen MR) is 94.9 cm³/mol. The van der Waals surface area contributed by atoms with E-state index >= 15 is 0 Å². The van der Waals surface area contributed by atoms with Crippen LogP contribution in [0, 0.1) is 23.3 Å². The van der Waals surface area contributed by atoms with Crippen LogP contribution in [-0.2, 0) is 4.79 Å². The summed E-state index contributed by atoms with van der Waals surface area (Å²) in [5.74, 6) is -7.82. The molecule has 0 saturated heterocycles. The van der Waals surface area contributed by atoms with Crippen LogP contribution < -0.4 is 16.2 Å². The number of carboxylic acid groups (broad SMARTS) is 1. The molecule has 12 heteroatoms. The third-order valence-corrected chi connectivity index (χ3v) is 3.51. The number of hydrogen-bond donors (Lipinski definition) is 4. The predicted octanol–water partition coefficient (Wildman–Crippen LogP) is 3.03. The van der Waals surface area contributed by atoms with Gasteiger partial charge < -0.3 is 10.4 Å². The van der Waals surface area contributed by atoms with Crippen molar-refractivity contribution >= 4 is 23.4 Å². The molecule has 0 aliphatic rings. The summed E-state index contributed by atoms with van der Waals surface area (Å²) in [6.07, 6.45) is 3.00. The summed E-state index contributed by atoms with van der Waals surface area (Å²) >= 11 is 0. The maximum Gasteiger partial charge on any atom is 0.322 e. The topological polar surface area (TPSA) is 112 Å². The number of pyridine rings is 1. The Labute approximate surface area is 160 Å². The van der Waals surface area contributed by atoms with E-state index in [0.717, 1.165) is 0 Å². The molecule has 3 rings (SSSR count). The van der Waals surface area contributed by atoms with E-state index in [1.54, 1.807) is 12.1 Å². The zero-order valence-electron chi connectivity index (χ0n) is 14.4. The molecule has 8 nitrogen and oxygen atoms in total. The first-order valence-corrected chi connectivity index (χ1v) is 7.95. The third-order valence-electron chi connectivity index (χ3n) is 3.51. The average Bonchev–Trinajstić information content (AvgIpc) is 2.71. The van der Waals surface area contributed by atoms with Crippen LogP contribution in [0.2, 0.25) is 0 Å². The molecule has 0 radical (unpaired) electrons. The van der Waals surface area contributed by atoms with Crippen LogP contribution in [0.1, 0.15) is 0 Å². The zero-order valence-corrected chi connectivity index (χ0v) is 14.4. The normalized spacial score (nSPS) is 10.5. The number of aliphatic carboxylic acids is 1. The highest BCUT2D eigenvalue weighted by molar-refractivity contribution is 5.72. The van der Waals surface area contributed by atoms with Crippen molar-refractivity contribution in [3.8, 4) is 11.3 Å². The Hall–Kier alpha value is -3.96. The van der Waals surface area contributed by atoms with Crippen molar-refractivity contribution in [1.82, 2.24) is 15.0 Å². The van der Waals surface area contributed by atoms with Crippen LogP contribution in [0.25, 0.3) is 11.3 Å². The fraction of sp³-hybridized carbons (Fsp3) is 0.0588. The van der Waals surface area contributed by atoms with E-state index < -0.39 is 41.5 Å². The molecular weight excluding hydrogens is 396 g/mol. The molecule has 29 heavy (non-hydrogen) atoms. The van der Waals surface area contributed by atoms with Crippen LogP contribution in [0.5, 0.6) is 0 Å². The highest BCUT2D eigenvalue weighted by atomic mass is 19.2. The molecule has 0 unspecified atom stereocenters. The first kappa shape index (κ1) is 19.8. The van der Waals surface area contributed by atoms with Crippen LogP contribution in [0.3, 0.4) is 0 Å². The molecule has 2 heterocycles. The highest BCUT2D eigenvalue weighted by Gasteiger charge is 2.19. The molecule has 0 atom stereocenters. The van der Waals surface area contributed by atoms with Crippen molar-refractivity contribution in [2.45, 2.75) is 0 Å². The minimum atomic E-state index is -1.64. The van der Waals surface area contributed by atoms with E-state index in [9.17, 15) is 22.4 Å². The van der Waals surface area contributed by atoms with Gasteiger partial charge in [0.2, 0.25) is 5.95 Å². The Bertz CT molecular complexity index is 1030. The van der Waals surface area contributed by atoms with Crippen LogP contribution in [0.15, 0.2) is 36.7 Å². The smallest absolute Gasteiger partial charge is 0.322 e. The standard InChI is InChI=1S/C17H12F4N6O2/c18-9-4-10(19)15(21)16(14(9)20)27-26-12-5-11(8-2-1-3-22-6-8)24-17(25-12)23-7-13(28)29/h1-6,27H,7H2,(H,28,29)(H2,23,24,25,26). The lowest BCUT2D eigenvalue weighted by Gasteiger charge is -2.13. The van der Waals surface area contributed by atoms with Crippen molar-refractivity contribution in [1.29, 1.82) is 0 Å². The maximum atomic E-state index is 13.8. The third kappa shape index (κ3) is 4.66. The average molecular weight is 408 g/mol. The maximum absolute atomic E-state index is 13.8. The van der Waals surface area contributed by atoms with Gasteiger partial charge in [-0.3, -0.25) is 20.6 Å². The first-order chi connectivity index (χ1) is 13.8. The molecule has 0 aliphatic carbocycles. The monoisotopic (exact) mass is 408 g/mol. The van der Waals surface area contributed by atoms with Crippen molar-refractivity contribution in [3.63, 3.8) is 0 Å². The first-order valence-electron chi connectivity index (χ1n) is 7.95. The van der Waals surface area contributed by atoms with E-state index in [2.05, 4.69) is 25.7 Å². The zero-order chi connectivity index (χ0) is 21.0. The van der Waals surface area contributed by atoms with Gasteiger partial charge in [0.1, 0.15) is 12.2 Å². The van der Waals surface area contributed by atoms with Crippen molar-refractivity contribution in [2.75, 3.05) is 22.7 Å². The Balaban J connectivity index is 1.92. The molecule has 1 aromatic carbocycles. The number of hydrazine groups is 1. The molecule has 3 aromatic rings. The quantitative estimate of drug-likeness (QED) is 0.268. The SMILES string of the molecule is O=C(O)CNc1nc(NNc2c(F)c(F)cc(F)c2F)cc(-c2cccnc2)n1. The van der Waals surface area contributed by atoms with Gasteiger partial charge >= 0.3 is 5.97 Å².